The molecule has 75 heavy (non-hydrogen) atoms. The maximum absolute atomic E-state index is 14.3. The normalized spacial score (nSPS) is 17.9. The van der Waals surface area contributed by atoms with Crippen molar-refractivity contribution in [1.29, 1.82) is 0 Å². The fourth-order valence-electron chi connectivity index (χ4n) is 9.62. The highest BCUT2D eigenvalue weighted by Crippen LogP contribution is 2.43. The number of nitrogens with zero attached hydrogens (tertiary/aromatic N) is 3. The van der Waals surface area contributed by atoms with Crippen LogP contribution in [0, 0.1) is 11.3 Å². The summed E-state index contributed by atoms with van der Waals surface area (Å²) in [7, 11) is -15.3. The van der Waals surface area contributed by atoms with Gasteiger partial charge in [-0.3, -0.25) is 19.1 Å². The van der Waals surface area contributed by atoms with Crippen LogP contribution in [0.2, 0.25) is 5.02 Å². The van der Waals surface area contributed by atoms with E-state index in [1.807, 2.05) is 47.2 Å². The van der Waals surface area contributed by atoms with E-state index >= 15 is 0 Å². The lowest BCUT2D eigenvalue weighted by molar-refractivity contribution is -0.150. The minimum atomic E-state index is -6.15. The van der Waals surface area contributed by atoms with Crippen molar-refractivity contribution < 1.29 is 58.7 Å². The molecule has 2 saturated heterocycles. The Bertz CT molecular complexity index is 2930. The summed E-state index contributed by atoms with van der Waals surface area (Å²) in [6, 6.07) is 25.1. The van der Waals surface area contributed by atoms with Gasteiger partial charge >= 0.3 is 19.1 Å². The summed E-state index contributed by atoms with van der Waals surface area (Å²) in [6.45, 7) is 9.69. The lowest BCUT2D eigenvalue weighted by Gasteiger charge is -2.39. The van der Waals surface area contributed by atoms with Gasteiger partial charge in [0.15, 0.2) is 0 Å². The Kier molecular flexibility index (Phi) is 19.3. The molecule has 0 radical (unpaired) electrons. The highest BCUT2D eigenvalue weighted by Gasteiger charge is 2.48. The third-order valence-electron chi connectivity index (χ3n) is 13.8. The lowest BCUT2D eigenvalue weighted by Crippen LogP contribution is -2.47. The maximum atomic E-state index is 14.3. The van der Waals surface area contributed by atoms with Gasteiger partial charge in [-0.25, -0.2) is 21.6 Å². The third-order valence-corrected chi connectivity index (χ3v) is 19.0. The number of piperazine rings is 1. The highest BCUT2D eigenvalue weighted by molar-refractivity contribution is 7.99. The number of sulfonamides is 1. The fourth-order valence-corrected chi connectivity index (χ4v) is 13.3. The molecule has 4 N–H and O–H groups in total. The molecule has 0 spiro atoms. The van der Waals surface area contributed by atoms with Crippen molar-refractivity contribution in [2.75, 3.05) is 81.1 Å². The van der Waals surface area contributed by atoms with E-state index < -0.39 is 78.4 Å². The molecule has 3 aliphatic rings. The topological polar surface area (TPSA) is 203 Å². The third kappa shape index (κ3) is 16.3. The Morgan fingerprint density at radius 1 is 0.893 bits per heavy atom. The average molecular weight is 1140 g/mol. The van der Waals surface area contributed by atoms with Gasteiger partial charge in [0.2, 0.25) is 0 Å². The molecule has 23 heteroatoms. The summed E-state index contributed by atoms with van der Waals surface area (Å²) in [6.07, 6.45) is 3.89. The monoisotopic (exact) mass is 1140 g/mol. The number of carbonyl (C=O) groups is 2. The minimum absolute atomic E-state index is 0.0210. The molecule has 0 bridgehead atoms. The molecular formula is C52H64ClF3N5O10PS3. The number of hydrogen-bond acceptors (Lipinski definition) is 13. The molecule has 2 fully saturated rings. The van der Waals surface area contributed by atoms with Gasteiger partial charge < -0.3 is 29.6 Å². The first-order valence-electron chi connectivity index (χ1n) is 24.8. The van der Waals surface area contributed by atoms with Gasteiger partial charge in [-0.2, -0.15) is 13.2 Å². The van der Waals surface area contributed by atoms with E-state index in [0.717, 1.165) is 61.6 Å². The molecule has 4 aromatic rings. The lowest BCUT2D eigenvalue weighted by atomic mass is 9.73. The summed E-state index contributed by atoms with van der Waals surface area (Å²) in [5, 5.41) is 3.66. The van der Waals surface area contributed by atoms with Crippen molar-refractivity contribution in [3.63, 3.8) is 0 Å². The summed E-state index contributed by atoms with van der Waals surface area (Å²) >= 11 is 7.57. The number of sulfone groups is 1. The van der Waals surface area contributed by atoms with Gasteiger partial charge in [-0.15, -0.1) is 11.8 Å². The molecule has 15 nitrogen and oxygen atoms in total. The second-order valence-electron chi connectivity index (χ2n) is 20.1. The van der Waals surface area contributed by atoms with Crippen LogP contribution in [0.4, 0.5) is 24.5 Å². The number of thioether (sulfide) groups is 1. The molecule has 408 valence electrons. The highest BCUT2D eigenvalue weighted by atomic mass is 35.5. The molecule has 0 saturated carbocycles. The van der Waals surface area contributed by atoms with Gasteiger partial charge in [0.1, 0.15) is 4.90 Å². The van der Waals surface area contributed by atoms with E-state index in [9.17, 15) is 44.2 Å². The van der Waals surface area contributed by atoms with Crippen LogP contribution >= 0.6 is 31.0 Å². The average Bonchev–Trinajstić information content (AvgIpc) is 3.36. The van der Waals surface area contributed by atoms with E-state index in [1.165, 1.54) is 40.6 Å². The number of likely N-dealkylation sites (tertiary alicyclic amines) is 1. The van der Waals surface area contributed by atoms with Crippen LogP contribution in [0.1, 0.15) is 74.7 Å². The zero-order chi connectivity index (χ0) is 54.2. The SMILES string of the molecule is CC1(C)CCC(c2ccc(Cl)cc2)=C(CN2CCN(c3ccc(C(=O)NS(=O)(=O)c4ccc(N[C@H](CCN5CCC(C(=O)OCCCP(=O)(O)O)CC5)CSc5ccccc5)c(S(=O)(=O)C(F)(F)F)c4)cc3)CC2)C1. The summed E-state index contributed by atoms with van der Waals surface area (Å²) in [5.41, 5.74) is -1.31. The van der Waals surface area contributed by atoms with Crippen LogP contribution < -0.4 is 14.9 Å². The number of piperidine rings is 1. The van der Waals surface area contributed by atoms with Crippen LogP contribution in [0.15, 0.2) is 117 Å². The molecular weight excluding hydrogens is 1070 g/mol. The van der Waals surface area contributed by atoms with Crippen molar-refractivity contribution in [2.45, 2.75) is 85.0 Å². The van der Waals surface area contributed by atoms with Gasteiger partial charge in [-0.05, 0) is 141 Å². The number of esters is 1. The zero-order valence-electron chi connectivity index (χ0n) is 41.8. The van der Waals surface area contributed by atoms with Crippen molar-refractivity contribution in [3.8, 4) is 0 Å². The molecule has 0 unspecified atom stereocenters. The predicted molar refractivity (Wildman–Crippen MR) is 286 cm³/mol. The number of hydrogen-bond donors (Lipinski definition) is 4. The first-order chi connectivity index (χ1) is 35.4. The number of carbonyl (C=O) groups excluding carboxylic acids is 2. The van der Waals surface area contributed by atoms with E-state index in [4.69, 9.17) is 26.1 Å². The maximum Gasteiger partial charge on any atom is 0.501 e. The molecule has 7 rings (SSSR count). The van der Waals surface area contributed by atoms with Crippen LogP contribution in [0.5, 0.6) is 0 Å². The number of anilines is 2. The van der Waals surface area contributed by atoms with Crippen molar-refractivity contribution in [2.24, 2.45) is 11.3 Å². The van der Waals surface area contributed by atoms with Gasteiger partial charge in [0, 0.05) is 72.2 Å². The first kappa shape index (κ1) is 58.2. The number of nitrogens with one attached hydrogen (secondary N) is 2. The Labute approximate surface area is 446 Å². The number of halogens is 4. The molecule has 0 aromatic heterocycles. The van der Waals surface area contributed by atoms with Gasteiger partial charge in [0.05, 0.1) is 29.3 Å². The van der Waals surface area contributed by atoms with Crippen LogP contribution in [-0.2, 0) is 34.0 Å². The summed E-state index contributed by atoms with van der Waals surface area (Å²) in [5.74, 6) is -1.69. The number of alkyl halides is 3. The van der Waals surface area contributed by atoms with Crippen LogP contribution in [0.3, 0.4) is 0 Å². The summed E-state index contributed by atoms with van der Waals surface area (Å²) in [4.78, 5) is 49.5. The predicted octanol–water partition coefficient (Wildman–Crippen LogP) is 9.32. The van der Waals surface area contributed by atoms with Crippen LogP contribution in [0.25, 0.3) is 5.57 Å². The molecule has 4 aromatic carbocycles. The molecule has 1 aliphatic carbocycles. The van der Waals surface area contributed by atoms with Crippen LogP contribution in [-0.4, -0.2) is 131 Å². The van der Waals surface area contributed by atoms with Gasteiger partial charge in [0.25, 0.3) is 25.8 Å². The number of benzene rings is 4. The smallest absolute Gasteiger partial charge is 0.465 e. The molecule has 2 aliphatic heterocycles. The Morgan fingerprint density at radius 2 is 1.56 bits per heavy atom. The number of allylic oxidation sites excluding steroid dienone is 1. The van der Waals surface area contributed by atoms with Crippen molar-refractivity contribution in [3.05, 3.63) is 119 Å². The Hall–Kier alpha value is -4.44. The standard InChI is InChI=1S/C52H64ClF3N5O10PS3/c1-51(2)23-19-46(37-9-13-41(53)14-10-37)40(34-51)35-60-27-29-61(30-28-60)43-15-11-38(12-16-43)49(62)58-75(69,70)45-17-18-47(48(33-45)74(67,68)52(54,55)56)57-42(36-73-44-7-4-3-5-8-44)22-26-59-24-20-39(21-25-59)50(63)71-31-6-32-72(64,65)66/h3-5,7-18,33,39,42,57H,6,19-32,34-36H2,1-2H3,(H,58,62)(H2,64,65,66)/t42-/m1/s1. The second kappa shape index (κ2) is 24.9. The minimum Gasteiger partial charge on any atom is -0.465 e. The van der Waals surface area contributed by atoms with E-state index in [1.54, 1.807) is 12.1 Å². The molecule has 1 atom stereocenters. The Morgan fingerprint density at radius 3 is 2.20 bits per heavy atom. The quantitative estimate of drug-likeness (QED) is 0.0266. The van der Waals surface area contributed by atoms with E-state index in [0.29, 0.717) is 63.1 Å². The van der Waals surface area contributed by atoms with E-state index in [-0.39, 0.29) is 29.8 Å². The van der Waals surface area contributed by atoms with E-state index in [2.05, 4.69) is 46.0 Å². The summed E-state index contributed by atoms with van der Waals surface area (Å²) < 4.78 is 115. The van der Waals surface area contributed by atoms with Crippen molar-refractivity contribution in [1.82, 2.24) is 14.5 Å². The Balaban J connectivity index is 0.992. The first-order valence-corrected chi connectivity index (χ1v) is 30.9. The zero-order valence-corrected chi connectivity index (χ0v) is 45.9. The number of rotatable bonds is 21. The van der Waals surface area contributed by atoms with Gasteiger partial charge in [-0.1, -0.05) is 61.4 Å². The molecule has 1 amide bonds. The molecule has 2 heterocycles. The number of amides is 1. The van der Waals surface area contributed by atoms with Crippen molar-refractivity contribution >= 4 is 79.6 Å². The second-order valence-corrected chi connectivity index (χ2v) is 27.0. The largest absolute Gasteiger partial charge is 0.501 e. The number of ether oxygens (including phenoxy) is 1. The fraction of sp³-hybridized carbons (Fsp3) is 0.462.